The van der Waals surface area contributed by atoms with E-state index in [0.29, 0.717) is 23.3 Å². The maximum atomic E-state index is 13.8. The molecule has 6 heteroatoms. The molecule has 1 spiro atoms. The third kappa shape index (κ3) is 4.26. The van der Waals surface area contributed by atoms with Gasteiger partial charge in [0.1, 0.15) is 5.56 Å². The number of carbonyl (C=O) groups excluding carboxylic acids is 2. The molecule has 2 unspecified atom stereocenters. The van der Waals surface area contributed by atoms with E-state index in [4.69, 9.17) is 4.74 Å². The molecular weight excluding hydrogens is 450 g/mol. The summed E-state index contributed by atoms with van der Waals surface area (Å²) in [6.45, 7) is 0.960. The molecule has 6 nitrogen and oxygen atoms in total. The lowest BCUT2D eigenvalue weighted by molar-refractivity contribution is -0.142. The zero-order chi connectivity index (χ0) is 24.7. The van der Waals surface area contributed by atoms with Gasteiger partial charge in [-0.15, -0.1) is 0 Å². The van der Waals surface area contributed by atoms with Gasteiger partial charge in [0, 0.05) is 23.9 Å². The molecule has 36 heavy (non-hydrogen) atoms. The summed E-state index contributed by atoms with van der Waals surface area (Å²) in [5, 5.41) is 4.60. The standard InChI is InChI=1S/C30H39N3O3/c1-36-29(35)26-20-31-33(27(26)21-12-13-21)25-11-6-9-23(19-25)22-8-5-10-24(18-22)28(34)32-17-7-16-30(32)14-3-2-4-15-30/h6,9,11,19-22,24H,2-5,7-8,10,12-18H2,1H3. The van der Waals surface area contributed by atoms with Crippen LogP contribution in [-0.4, -0.2) is 45.8 Å². The molecule has 0 N–H and O–H groups in total. The fourth-order valence-electron chi connectivity index (χ4n) is 7.44. The van der Waals surface area contributed by atoms with Crippen molar-refractivity contribution in [1.82, 2.24) is 14.7 Å². The van der Waals surface area contributed by atoms with E-state index < -0.39 is 0 Å². The van der Waals surface area contributed by atoms with Gasteiger partial charge >= 0.3 is 5.97 Å². The molecular formula is C30H39N3O3. The van der Waals surface area contributed by atoms with Crippen LogP contribution in [0.5, 0.6) is 0 Å². The van der Waals surface area contributed by atoms with E-state index in [1.165, 1.54) is 57.6 Å². The van der Waals surface area contributed by atoms with E-state index in [9.17, 15) is 9.59 Å². The SMILES string of the molecule is COC(=O)c1cnn(-c2cccc(C3CCCC(C(=O)N4CCCC45CCCCC5)C3)c2)c1C1CC1. The third-order valence-electron chi connectivity index (χ3n) is 9.43. The summed E-state index contributed by atoms with van der Waals surface area (Å²) in [6.07, 6.45) is 16.7. The molecule has 2 atom stereocenters. The Labute approximate surface area is 214 Å². The van der Waals surface area contributed by atoms with E-state index in [-0.39, 0.29) is 17.4 Å². The molecule has 1 saturated heterocycles. The highest BCUT2D eigenvalue weighted by molar-refractivity contribution is 5.91. The summed E-state index contributed by atoms with van der Waals surface area (Å²) in [4.78, 5) is 28.5. The van der Waals surface area contributed by atoms with Gasteiger partial charge in [0.05, 0.1) is 24.7 Å². The second-order valence-electron chi connectivity index (χ2n) is 11.7. The summed E-state index contributed by atoms with van der Waals surface area (Å²) in [7, 11) is 1.43. The number of aromatic nitrogens is 2. The molecule has 0 radical (unpaired) electrons. The van der Waals surface area contributed by atoms with Gasteiger partial charge in [-0.2, -0.15) is 5.10 Å². The Hall–Kier alpha value is -2.63. The molecule has 192 valence electrons. The highest BCUT2D eigenvalue weighted by Gasteiger charge is 2.46. The number of ether oxygens (including phenoxy) is 1. The number of rotatable bonds is 5. The Bertz CT molecular complexity index is 1130. The van der Waals surface area contributed by atoms with E-state index in [0.717, 1.165) is 56.5 Å². The normalized spacial score (nSPS) is 25.8. The zero-order valence-electron chi connectivity index (χ0n) is 21.6. The average Bonchev–Trinajstić information content (AvgIpc) is 3.55. The first-order valence-electron chi connectivity index (χ1n) is 14.2. The summed E-state index contributed by atoms with van der Waals surface area (Å²) in [6, 6.07) is 8.62. The van der Waals surface area contributed by atoms with Crippen molar-refractivity contribution in [3.63, 3.8) is 0 Å². The lowest BCUT2D eigenvalue weighted by atomic mass is 9.75. The molecule has 6 rings (SSSR count). The molecule has 4 fully saturated rings. The molecule has 3 saturated carbocycles. The number of amides is 1. The Morgan fingerprint density at radius 1 is 0.972 bits per heavy atom. The minimum absolute atomic E-state index is 0.141. The van der Waals surface area contributed by atoms with Crippen molar-refractivity contribution in [3.8, 4) is 5.69 Å². The van der Waals surface area contributed by atoms with Crippen LogP contribution in [0.4, 0.5) is 0 Å². The van der Waals surface area contributed by atoms with E-state index in [1.807, 2.05) is 4.68 Å². The first-order chi connectivity index (χ1) is 17.6. The number of carbonyl (C=O) groups is 2. The number of benzene rings is 1. The number of hydrogen-bond acceptors (Lipinski definition) is 4. The monoisotopic (exact) mass is 489 g/mol. The largest absolute Gasteiger partial charge is 0.465 e. The van der Waals surface area contributed by atoms with Crippen LogP contribution >= 0.6 is 0 Å². The fourth-order valence-corrected chi connectivity index (χ4v) is 7.44. The van der Waals surface area contributed by atoms with Crippen molar-refractivity contribution in [2.24, 2.45) is 5.92 Å². The predicted molar refractivity (Wildman–Crippen MR) is 138 cm³/mol. The minimum Gasteiger partial charge on any atom is -0.465 e. The van der Waals surface area contributed by atoms with E-state index >= 15 is 0 Å². The molecule has 1 amide bonds. The molecule has 1 aromatic carbocycles. The van der Waals surface area contributed by atoms with Crippen molar-refractivity contribution >= 4 is 11.9 Å². The van der Waals surface area contributed by atoms with Gasteiger partial charge in [0.25, 0.3) is 0 Å². The van der Waals surface area contributed by atoms with Crippen LogP contribution in [0, 0.1) is 5.92 Å². The van der Waals surface area contributed by atoms with Crippen LogP contribution in [0.15, 0.2) is 30.5 Å². The molecule has 2 heterocycles. The molecule has 4 aliphatic rings. The van der Waals surface area contributed by atoms with Crippen LogP contribution in [0.3, 0.4) is 0 Å². The van der Waals surface area contributed by atoms with Crippen molar-refractivity contribution in [2.75, 3.05) is 13.7 Å². The number of hydrogen-bond donors (Lipinski definition) is 0. The first kappa shape index (κ1) is 23.7. The van der Waals surface area contributed by atoms with Crippen molar-refractivity contribution < 1.29 is 14.3 Å². The number of methoxy groups -OCH3 is 1. The molecule has 1 aromatic heterocycles. The zero-order valence-corrected chi connectivity index (χ0v) is 21.6. The number of esters is 1. The lowest BCUT2D eigenvalue weighted by Gasteiger charge is -2.44. The van der Waals surface area contributed by atoms with Crippen LogP contribution in [0.1, 0.15) is 117 Å². The summed E-state index contributed by atoms with van der Waals surface area (Å²) < 4.78 is 6.95. The second-order valence-corrected chi connectivity index (χ2v) is 11.7. The predicted octanol–water partition coefficient (Wildman–Crippen LogP) is 6.14. The Balaban J connectivity index is 1.22. The maximum absolute atomic E-state index is 13.8. The highest BCUT2D eigenvalue weighted by atomic mass is 16.5. The number of nitrogens with zero attached hydrogens (tertiary/aromatic N) is 3. The number of likely N-dealkylation sites (tertiary alicyclic amines) is 1. The van der Waals surface area contributed by atoms with Crippen LogP contribution in [0.2, 0.25) is 0 Å². The molecule has 2 aromatic rings. The van der Waals surface area contributed by atoms with Gasteiger partial charge in [0.2, 0.25) is 5.91 Å². The van der Waals surface area contributed by atoms with Crippen LogP contribution in [0.25, 0.3) is 5.69 Å². The van der Waals surface area contributed by atoms with Crippen molar-refractivity contribution in [1.29, 1.82) is 0 Å². The van der Waals surface area contributed by atoms with Crippen molar-refractivity contribution in [2.45, 2.75) is 101 Å². The summed E-state index contributed by atoms with van der Waals surface area (Å²) >= 11 is 0. The van der Waals surface area contributed by atoms with Crippen molar-refractivity contribution in [3.05, 3.63) is 47.3 Å². The van der Waals surface area contributed by atoms with Gasteiger partial charge in [-0.1, -0.05) is 37.8 Å². The van der Waals surface area contributed by atoms with E-state index in [1.54, 1.807) is 6.20 Å². The lowest BCUT2D eigenvalue weighted by Crippen LogP contribution is -2.51. The quantitative estimate of drug-likeness (QED) is 0.474. The fraction of sp³-hybridized carbons (Fsp3) is 0.633. The maximum Gasteiger partial charge on any atom is 0.341 e. The van der Waals surface area contributed by atoms with E-state index in [2.05, 4.69) is 34.3 Å². The summed E-state index contributed by atoms with van der Waals surface area (Å²) in [5.41, 5.74) is 4.01. The average molecular weight is 490 g/mol. The van der Waals surface area contributed by atoms with Crippen LogP contribution < -0.4 is 0 Å². The molecule has 1 aliphatic heterocycles. The van der Waals surface area contributed by atoms with Gasteiger partial charge in [0.15, 0.2) is 0 Å². The first-order valence-corrected chi connectivity index (χ1v) is 14.2. The van der Waals surface area contributed by atoms with Gasteiger partial charge in [-0.05, 0) is 81.4 Å². The minimum atomic E-state index is -0.314. The van der Waals surface area contributed by atoms with Gasteiger partial charge in [-0.3, -0.25) is 4.79 Å². The van der Waals surface area contributed by atoms with Gasteiger partial charge < -0.3 is 9.64 Å². The summed E-state index contributed by atoms with van der Waals surface area (Å²) in [5.74, 6) is 1.01. The Morgan fingerprint density at radius 2 is 1.78 bits per heavy atom. The smallest absolute Gasteiger partial charge is 0.341 e. The van der Waals surface area contributed by atoms with Crippen LogP contribution in [-0.2, 0) is 9.53 Å². The molecule has 3 aliphatic carbocycles. The van der Waals surface area contributed by atoms with Gasteiger partial charge in [-0.25, -0.2) is 9.48 Å². The Kier molecular flexibility index (Phi) is 6.38. The highest BCUT2D eigenvalue weighted by Crippen LogP contribution is 2.46. The molecule has 0 bridgehead atoms. The second kappa shape index (κ2) is 9.68. The Morgan fingerprint density at radius 3 is 2.56 bits per heavy atom. The third-order valence-corrected chi connectivity index (χ3v) is 9.43. The topological polar surface area (TPSA) is 64.4 Å².